The molecule has 0 aliphatic rings. The van der Waals surface area contributed by atoms with Gasteiger partial charge in [0.25, 0.3) is 0 Å². The lowest BCUT2D eigenvalue weighted by Gasteiger charge is -1.97. The van der Waals surface area contributed by atoms with Gasteiger partial charge in [-0.1, -0.05) is 0 Å². The molecule has 2 nitrogen and oxygen atoms in total. The van der Waals surface area contributed by atoms with E-state index in [9.17, 15) is 8.78 Å². The lowest BCUT2D eigenvalue weighted by molar-refractivity contribution is 0.510. The largest absolute Gasteiger partial charge is 0.350 e. The molecule has 0 fully saturated rings. The molecule has 1 aromatic carbocycles. The van der Waals surface area contributed by atoms with E-state index in [2.05, 4.69) is 0 Å². The fraction of sp³-hybridized carbons (Fsp3) is 0.200. The summed E-state index contributed by atoms with van der Waals surface area (Å²) in [6.07, 6.45) is 1.78. The Kier molecular flexibility index (Phi) is 2.00. The van der Waals surface area contributed by atoms with Crippen LogP contribution >= 0.6 is 0 Å². The number of fused-ring (bicyclic) bond motifs is 1. The van der Waals surface area contributed by atoms with Crippen LogP contribution in [0.15, 0.2) is 18.3 Å². The molecule has 4 heteroatoms. The highest BCUT2D eigenvalue weighted by atomic mass is 19.2. The van der Waals surface area contributed by atoms with Crippen molar-refractivity contribution in [3.63, 3.8) is 0 Å². The summed E-state index contributed by atoms with van der Waals surface area (Å²) in [5.41, 5.74) is 6.97. The zero-order chi connectivity index (χ0) is 10.3. The van der Waals surface area contributed by atoms with Gasteiger partial charge in [-0.15, -0.1) is 0 Å². The third kappa shape index (κ3) is 1.19. The van der Waals surface area contributed by atoms with E-state index in [0.29, 0.717) is 17.4 Å². The second-order valence-electron chi connectivity index (χ2n) is 3.25. The van der Waals surface area contributed by atoms with Gasteiger partial charge in [0, 0.05) is 31.2 Å². The van der Waals surface area contributed by atoms with Gasteiger partial charge in [0.05, 0.1) is 5.52 Å². The van der Waals surface area contributed by atoms with Crippen LogP contribution in [0.2, 0.25) is 0 Å². The molecular weight excluding hydrogens is 186 g/mol. The summed E-state index contributed by atoms with van der Waals surface area (Å²) >= 11 is 0. The van der Waals surface area contributed by atoms with Gasteiger partial charge in [-0.25, -0.2) is 8.78 Å². The third-order valence-corrected chi connectivity index (χ3v) is 2.33. The second kappa shape index (κ2) is 3.06. The van der Waals surface area contributed by atoms with Crippen LogP contribution in [0, 0.1) is 11.6 Å². The van der Waals surface area contributed by atoms with E-state index in [1.807, 2.05) is 0 Å². The summed E-state index contributed by atoms with van der Waals surface area (Å²) in [6, 6.07) is 2.37. The normalized spacial score (nSPS) is 11.1. The molecule has 0 saturated heterocycles. The van der Waals surface area contributed by atoms with Gasteiger partial charge >= 0.3 is 0 Å². The number of aromatic nitrogens is 1. The van der Waals surface area contributed by atoms with Crippen molar-refractivity contribution in [2.75, 3.05) is 0 Å². The molecule has 1 heterocycles. The van der Waals surface area contributed by atoms with E-state index < -0.39 is 11.6 Å². The van der Waals surface area contributed by atoms with E-state index in [0.717, 1.165) is 5.56 Å². The van der Waals surface area contributed by atoms with Crippen molar-refractivity contribution in [3.05, 3.63) is 35.5 Å². The van der Waals surface area contributed by atoms with Crippen LogP contribution in [0.1, 0.15) is 5.56 Å². The van der Waals surface area contributed by atoms with E-state index >= 15 is 0 Å². The molecule has 0 atom stereocenters. The van der Waals surface area contributed by atoms with Crippen LogP contribution in [0.25, 0.3) is 10.9 Å². The Morgan fingerprint density at radius 3 is 2.57 bits per heavy atom. The molecule has 0 radical (unpaired) electrons. The first-order valence-corrected chi connectivity index (χ1v) is 4.26. The summed E-state index contributed by atoms with van der Waals surface area (Å²) in [5.74, 6) is -1.67. The van der Waals surface area contributed by atoms with Crippen molar-refractivity contribution >= 4 is 10.9 Å². The number of rotatable bonds is 1. The Bertz CT molecular complexity index is 488. The van der Waals surface area contributed by atoms with Crippen LogP contribution in [-0.4, -0.2) is 4.57 Å². The highest BCUT2D eigenvalue weighted by molar-refractivity contribution is 5.84. The zero-order valence-corrected chi connectivity index (χ0v) is 7.72. The number of nitrogens with two attached hydrogens (primary N) is 1. The minimum atomic E-state index is -0.835. The summed E-state index contributed by atoms with van der Waals surface area (Å²) in [5, 5.41) is 0.675. The topological polar surface area (TPSA) is 30.9 Å². The van der Waals surface area contributed by atoms with Gasteiger partial charge in [-0.2, -0.15) is 0 Å². The fourth-order valence-electron chi connectivity index (χ4n) is 1.62. The Morgan fingerprint density at radius 1 is 1.29 bits per heavy atom. The van der Waals surface area contributed by atoms with E-state index in [-0.39, 0.29) is 0 Å². The average Bonchev–Trinajstić information content (AvgIpc) is 2.45. The Balaban J connectivity index is 2.84. The molecule has 0 spiro atoms. The van der Waals surface area contributed by atoms with Crippen molar-refractivity contribution in [1.29, 1.82) is 0 Å². The fourth-order valence-corrected chi connectivity index (χ4v) is 1.62. The third-order valence-electron chi connectivity index (χ3n) is 2.33. The second-order valence-corrected chi connectivity index (χ2v) is 3.25. The summed E-state index contributed by atoms with van der Waals surface area (Å²) in [6.45, 7) is 0.322. The molecule has 2 N–H and O–H groups in total. The van der Waals surface area contributed by atoms with Crippen molar-refractivity contribution in [1.82, 2.24) is 4.57 Å². The Hall–Kier alpha value is -1.42. The highest BCUT2D eigenvalue weighted by Crippen LogP contribution is 2.23. The molecule has 0 saturated carbocycles. The van der Waals surface area contributed by atoms with Crippen LogP contribution in [-0.2, 0) is 13.6 Å². The molecule has 74 valence electrons. The first-order chi connectivity index (χ1) is 6.63. The molecule has 0 amide bonds. The minimum Gasteiger partial charge on any atom is -0.350 e. The van der Waals surface area contributed by atoms with Gasteiger partial charge in [0.1, 0.15) is 0 Å². The minimum absolute atomic E-state index is 0.322. The lowest BCUT2D eigenvalue weighted by atomic mass is 10.1. The number of benzene rings is 1. The zero-order valence-electron chi connectivity index (χ0n) is 7.72. The maximum Gasteiger partial charge on any atom is 0.160 e. The molecule has 0 aliphatic carbocycles. The Morgan fingerprint density at radius 2 is 1.93 bits per heavy atom. The van der Waals surface area contributed by atoms with Gasteiger partial charge < -0.3 is 10.3 Å². The monoisotopic (exact) mass is 196 g/mol. The molecule has 0 bridgehead atoms. The van der Waals surface area contributed by atoms with Crippen LogP contribution in [0.4, 0.5) is 8.78 Å². The standard InChI is InChI=1S/C10H10F2N2/c1-14-5-6(4-13)7-2-8(11)9(12)3-10(7)14/h2-3,5H,4,13H2,1H3. The highest BCUT2D eigenvalue weighted by Gasteiger charge is 2.10. The molecule has 1 aromatic heterocycles. The lowest BCUT2D eigenvalue weighted by Crippen LogP contribution is -1.94. The summed E-state index contributed by atoms with van der Waals surface area (Å²) in [4.78, 5) is 0. The molecular formula is C10H10F2N2. The molecule has 14 heavy (non-hydrogen) atoms. The number of hydrogen-bond acceptors (Lipinski definition) is 1. The summed E-state index contributed by atoms with van der Waals surface area (Å²) in [7, 11) is 1.78. The van der Waals surface area contributed by atoms with Gasteiger partial charge in [-0.3, -0.25) is 0 Å². The maximum atomic E-state index is 12.9. The average molecular weight is 196 g/mol. The SMILES string of the molecule is Cn1cc(CN)c2cc(F)c(F)cc21. The van der Waals surface area contributed by atoms with Crippen LogP contribution in [0.3, 0.4) is 0 Å². The van der Waals surface area contributed by atoms with Crippen molar-refractivity contribution in [2.45, 2.75) is 6.54 Å². The number of nitrogens with zero attached hydrogens (tertiary/aromatic N) is 1. The van der Waals surface area contributed by atoms with Gasteiger partial charge in [0.15, 0.2) is 11.6 Å². The van der Waals surface area contributed by atoms with Crippen LogP contribution < -0.4 is 5.73 Å². The maximum absolute atomic E-state index is 12.9. The quantitative estimate of drug-likeness (QED) is 0.742. The Labute approximate surface area is 79.9 Å². The smallest absolute Gasteiger partial charge is 0.160 e. The van der Waals surface area contributed by atoms with Gasteiger partial charge in [-0.05, 0) is 11.6 Å². The molecule has 0 unspecified atom stereocenters. The molecule has 0 aliphatic heterocycles. The number of halogens is 2. The number of hydrogen-bond donors (Lipinski definition) is 1. The van der Waals surface area contributed by atoms with Crippen LogP contribution in [0.5, 0.6) is 0 Å². The van der Waals surface area contributed by atoms with E-state index in [4.69, 9.17) is 5.73 Å². The molecule has 2 aromatic rings. The van der Waals surface area contributed by atoms with Gasteiger partial charge in [0.2, 0.25) is 0 Å². The summed E-state index contributed by atoms with van der Waals surface area (Å²) < 4.78 is 27.6. The van der Waals surface area contributed by atoms with E-state index in [1.54, 1.807) is 17.8 Å². The molecule has 2 rings (SSSR count). The first kappa shape index (κ1) is 9.15. The van der Waals surface area contributed by atoms with Crippen molar-refractivity contribution in [3.8, 4) is 0 Å². The first-order valence-electron chi connectivity index (χ1n) is 4.26. The van der Waals surface area contributed by atoms with E-state index in [1.165, 1.54) is 12.1 Å². The predicted molar refractivity (Wildman–Crippen MR) is 50.7 cm³/mol. The van der Waals surface area contributed by atoms with Crippen molar-refractivity contribution < 1.29 is 8.78 Å². The number of aryl methyl sites for hydroxylation is 1. The predicted octanol–water partition coefficient (Wildman–Crippen LogP) is 1.92. The van der Waals surface area contributed by atoms with Crippen molar-refractivity contribution in [2.24, 2.45) is 12.8 Å².